The van der Waals surface area contributed by atoms with E-state index in [4.69, 9.17) is 15.0 Å². The Hall–Kier alpha value is -8.53. The van der Waals surface area contributed by atoms with Crippen molar-refractivity contribution in [3.8, 4) is 78.7 Å². The van der Waals surface area contributed by atoms with E-state index in [1.807, 2.05) is 24.3 Å². The van der Waals surface area contributed by atoms with E-state index in [1.54, 1.807) is 0 Å². The monoisotopic (exact) mass is 827 g/mol. The van der Waals surface area contributed by atoms with Gasteiger partial charge in [-0.25, -0.2) is 15.0 Å². The van der Waals surface area contributed by atoms with E-state index in [0.29, 0.717) is 17.5 Å². The van der Waals surface area contributed by atoms with Crippen molar-refractivity contribution in [2.45, 2.75) is 5.41 Å². The van der Waals surface area contributed by atoms with Gasteiger partial charge in [-0.3, -0.25) is 0 Å². The molecule has 0 radical (unpaired) electrons. The fourth-order valence-corrected chi connectivity index (χ4v) is 10.0. The van der Waals surface area contributed by atoms with Crippen LogP contribution >= 0.6 is 0 Å². The van der Waals surface area contributed by atoms with Gasteiger partial charge in [0, 0.05) is 16.7 Å². The van der Waals surface area contributed by atoms with Crippen molar-refractivity contribution in [1.29, 1.82) is 0 Å². The van der Waals surface area contributed by atoms with Crippen LogP contribution in [0.4, 0.5) is 0 Å². The molecule has 10 aromatic carbocycles. The molecule has 1 aromatic heterocycles. The van der Waals surface area contributed by atoms with Gasteiger partial charge in [0.25, 0.3) is 0 Å². The Bertz CT molecular complexity index is 3470. The second-order valence-electron chi connectivity index (χ2n) is 16.7. The van der Waals surface area contributed by atoms with E-state index < -0.39 is 5.41 Å². The van der Waals surface area contributed by atoms with Crippen LogP contribution < -0.4 is 0 Å². The van der Waals surface area contributed by atoms with Crippen molar-refractivity contribution >= 4 is 10.8 Å². The zero-order valence-corrected chi connectivity index (χ0v) is 35.5. The third-order valence-corrected chi connectivity index (χ3v) is 13.0. The lowest BCUT2D eigenvalue weighted by atomic mass is 9.67. The van der Waals surface area contributed by atoms with Crippen LogP contribution in [0.5, 0.6) is 0 Å². The van der Waals surface area contributed by atoms with Gasteiger partial charge in [0.1, 0.15) is 0 Å². The molecule has 0 unspecified atom stereocenters. The standard InChI is InChI=1S/C62H41N3/c1-5-18-42(19-6-1)43-32-34-46(35-33-43)60-63-59(45-21-7-2-8-22-45)64-61(65-60)48-36-38-52(55(41-48)53-30-17-23-44-20-13-14-28-51(44)53)47-37-39-58-56(40-47)54-29-15-16-31-57(54)62(58,49-24-9-3-10-25-49)50-26-11-4-12-27-50/h1-41H. The highest BCUT2D eigenvalue weighted by Crippen LogP contribution is 2.57. The van der Waals surface area contributed by atoms with E-state index in [2.05, 4.69) is 224 Å². The first kappa shape index (κ1) is 38.2. The Morgan fingerprint density at radius 2 is 0.692 bits per heavy atom. The molecule has 304 valence electrons. The van der Waals surface area contributed by atoms with E-state index in [9.17, 15) is 0 Å². The minimum Gasteiger partial charge on any atom is -0.208 e. The Morgan fingerprint density at radius 1 is 0.246 bits per heavy atom. The van der Waals surface area contributed by atoms with Crippen molar-refractivity contribution in [1.82, 2.24) is 15.0 Å². The summed E-state index contributed by atoms with van der Waals surface area (Å²) in [5, 5.41) is 2.37. The summed E-state index contributed by atoms with van der Waals surface area (Å²) >= 11 is 0. The fourth-order valence-electron chi connectivity index (χ4n) is 10.0. The topological polar surface area (TPSA) is 38.7 Å². The molecule has 11 aromatic rings. The minimum absolute atomic E-state index is 0.468. The molecule has 3 heteroatoms. The molecule has 0 amide bonds. The van der Waals surface area contributed by atoms with Crippen molar-refractivity contribution in [2.75, 3.05) is 0 Å². The summed E-state index contributed by atoms with van der Waals surface area (Å²) in [6.45, 7) is 0. The predicted molar refractivity (Wildman–Crippen MR) is 267 cm³/mol. The van der Waals surface area contributed by atoms with Crippen molar-refractivity contribution in [2.24, 2.45) is 0 Å². The van der Waals surface area contributed by atoms with Crippen molar-refractivity contribution in [3.05, 3.63) is 271 Å². The highest BCUT2D eigenvalue weighted by Gasteiger charge is 2.46. The quantitative estimate of drug-likeness (QED) is 0.153. The molecule has 65 heavy (non-hydrogen) atoms. The highest BCUT2D eigenvalue weighted by molar-refractivity contribution is 6.02. The number of fused-ring (bicyclic) bond motifs is 4. The van der Waals surface area contributed by atoms with E-state index in [0.717, 1.165) is 44.5 Å². The maximum Gasteiger partial charge on any atom is 0.164 e. The molecule has 0 spiro atoms. The normalized spacial score (nSPS) is 12.4. The van der Waals surface area contributed by atoms with Gasteiger partial charge in [0.2, 0.25) is 0 Å². The molecule has 0 saturated carbocycles. The van der Waals surface area contributed by atoms with Gasteiger partial charge < -0.3 is 0 Å². The first-order chi connectivity index (χ1) is 32.2. The Kier molecular flexibility index (Phi) is 9.39. The highest BCUT2D eigenvalue weighted by atomic mass is 15.0. The first-order valence-electron chi connectivity index (χ1n) is 22.2. The Labute approximate surface area is 379 Å². The molecule has 1 heterocycles. The number of rotatable bonds is 8. The average molecular weight is 828 g/mol. The summed E-state index contributed by atoms with van der Waals surface area (Å²) in [6.07, 6.45) is 0. The van der Waals surface area contributed by atoms with Crippen LogP contribution in [0.15, 0.2) is 249 Å². The molecule has 1 aliphatic carbocycles. The molecule has 0 bridgehead atoms. The summed E-state index contributed by atoms with van der Waals surface area (Å²) in [5.41, 5.74) is 16.7. The molecule has 0 atom stereocenters. The van der Waals surface area contributed by atoms with E-state index >= 15 is 0 Å². The van der Waals surface area contributed by atoms with Crippen LogP contribution in [0.25, 0.3) is 89.4 Å². The van der Waals surface area contributed by atoms with Gasteiger partial charge in [-0.1, -0.05) is 237 Å². The molecule has 12 rings (SSSR count). The number of benzene rings is 10. The maximum atomic E-state index is 5.22. The van der Waals surface area contributed by atoms with Crippen LogP contribution in [-0.2, 0) is 5.41 Å². The summed E-state index contributed by atoms with van der Waals surface area (Å²) in [5.74, 6) is 1.88. The Balaban J connectivity index is 1.06. The lowest BCUT2D eigenvalue weighted by molar-refractivity contribution is 0.768. The van der Waals surface area contributed by atoms with Crippen LogP contribution in [0.3, 0.4) is 0 Å². The van der Waals surface area contributed by atoms with E-state index in [-0.39, 0.29) is 0 Å². The van der Waals surface area contributed by atoms with Gasteiger partial charge in [0.05, 0.1) is 5.41 Å². The molecular formula is C62H41N3. The maximum absolute atomic E-state index is 5.22. The molecule has 3 nitrogen and oxygen atoms in total. The number of aromatic nitrogens is 3. The van der Waals surface area contributed by atoms with Crippen molar-refractivity contribution in [3.63, 3.8) is 0 Å². The Morgan fingerprint density at radius 3 is 1.38 bits per heavy atom. The first-order valence-corrected chi connectivity index (χ1v) is 22.2. The van der Waals surface area contributed by atoms with Crippen molar-refractivity contribution < 1.29 is 0 Å². The molecule has 0 fully saturated rings. The number of hydrogen-bond acceptors (Lipinski definition) is 3. The number of hydrogen-bond donors (Lipinski definition) is 0. The summed E-state index contributed by atoms with van der Waals surface area (Å²) in [4.78, 5) is 15.5. The minimum atomic E-state index is -0.468. The third-order valence-electron chi connectivity index (χ3n) is 13.0. The summed E-state index contributed by atoms with van der Waals surface area (Å²) < 4.78 is 0. The second-order valence-corrected chi connectivity index (χ2v) is 16.7. The largest absolute Gasteiger partial charge is 0.208 e. The van der Waals surface area contributed by atoms with Gasteiger partial charge in [-0.15, -0.1) is 0 Å². The van der Waals surface area contributed by atoms with Gasteiger partial charge in [0.15, 0.2) is 17.5 Å². The van der Waals surface area contributed by atoms with Crippen LogP contribution in [0.1, 0.15) is 22.3 Å². The third kappa shape index (κ3) is 6.56. The summed E-state index contributed by atoms with van der Waals surface area (Å²) in [6, 6.07) is 89.1. The average Bonchev–Trinajstić information content (AvgIpc) is 3.69. The zero-order chi connectivity index (χ0) is 43.2. The van der Waals surface area contributed by atoms with Gasteiger partial charge >= 0.3 is 0 Å². The molecule has 0 N–H and O–H groups in total. The van der Waals surface area contributed by atoms with Gasteiger partial charge in [-0.05, 0) is 89.7 Å². The molecular weight excluding hydrogens is 787 g/mol. The summed E-state index contributed by atoms with van der Waals surface area (Å²) in [7, 11) is 0. The second kappa shape index (κ2) is 16.0. The molecule has 0 saturated heterocycles. The number of nitrogens with zero attached hydrogens (tertiary/aromatic N) is 3. The SMILES string of the molecule is c1ccc(-c2ccc(-c3nc(-c4ccccc4)nc(-c4ccc(-c5ccc6c(c5)-c5ccccc5C6(c5ccccc5)c5ccccc5)c(-c5cccc6ccccc56)c4)n3)cc2)cc1. The molecule has 0 aliphatic heterocycles. The lowest BCUT2D eigenvalue weighted by Crippen LogP contribution is -2.28. The molecule has 1 aliphatic rings. The lowest BCUT2D eigenvalue weighted by Gasteiger charge is -2.33. The zero-order valence-electron chi connectivity index (χ0n) is 35.5. The van der Waals surface area contributed by atoms with Gasteiger partial charge in [-0.2, -0.15) is 0 Å². The van der Waals surface area contributed by atoms with Crippen LogP contribution in [0, 0.1) is 0 Å². The fraction of sp³-hybridized carbons (Fsp3) is 0.0161. The van der Waals surface area contributed by atoms with Crippen LogP contribution in [-0.4, -0.2) is 15.0 Å². The predicted octanol–water partition coefficient (Wildman–Crippen LogP) is 15.4. The van der Waals surface area contributed by atoms with E-state index in [1.165, 1.54) is 49.7 Å². The van der Waals surface area contributed by atoms with Crippen LogP contribution in [0.2, 0.25) is 0 Å². The smallest absolute Gasteiger partial charge is 0.164 e.